The predicted molar refractivity (Wildman–Crippen MR) is 107 cm³/mol. The first-order valence-electron chi connectivity index (χ1n) is 9.99. The van der Waals surface area contributed by atoms with Crippen molar-refractivity contribution in [3.63, 3.8) is 0 Å². The molecule has 2 aromatic carbocycles. The molecule has 2 aliphatic heterocycles. The number of fused-ring (bicyclic) bond motifs is 3. The topological polar surface area (TPSA) is 70.2 Å². The second-order valence-electron chi connectivity index (χ2n) is 7.90. The van der Waals surface area contributed by atoms with Crippen LogP contribution in [0.25, 0.3) is 10.9 Å². The van der Waals surface area contributed by atoms with Gasteiger partial charge in [-0.25, -0.2) is 4.39 Å². The highest BCUT2D eigenvalue weighted by molar-refractivity contribution is 6.04. The summed E-state index contributed by atoms with van der Waals surface area (Å²) in [7, 11) is 0. The normalized spacial score (nSPS) is 24.5. The van der Waals surface area contributed by atoms with E-state index in [1.165, 1.54) is 12.1 Å². The van der Waals surface area contributed by atoms with Crippen molar-refractivity contribution in [2.45, 2.75) is 37.5 Å². The fraction of sp³-hybridized carbons (Fsp3) is 0.364. The van der Waals surface area contributed by atoms with Gasteiger partial charge in [0.25, 0.3) is 5.91 Å². The molecule has 2 N–H and O–H groups in total. The van der Waals surface area contributed by atoms with Gasteiger partial charge in [-0.15, -0.1) is 0 Å². The van der Waals surface area contributed by atoms with Crippen LogP contribution in [0.4, 0.5) is 4.39 Å². The van der Waals surface area contributed by atoms with Crippen LogP contribution < -0.4 is 5.32 Å². The number of hydrogen-bond acceptors (Lipinski definition) is 4. The fourth-order valence-electron chi connectivity index (χ4n) is 4.56. The van der Waals surface area contributed by atoms with Crippen molar-refractivity contribution in [2.24, 2.45) is 0 Å². The molecule has 2 bridgehead atoms. The van der Waals surface area contributed by atoms with E-state index < -0.39 is 0 Å². The number of amides is 1. The molecule has 2 aliphatic rings. The number of H-pyrrole nitrogens is 1. The van der Waals surface area contributed by atoms with Crippen molar-refractivity contribution in [1.82, 2.24) is 20.4 Å². The van der Waals surface area contributed by atoms with Crippen LogP contribution in [0.15, 0.2) is 48.5 Å². The zero-order chi connectivity index (χ0) is 19.8. The lowest BCUT2D eigenvalue weighted by atomic mass is 9.89. The molecule has 0 saturated carbocycles. The first-order valence-corrected chi connectivity index (χ1v) is 9.99. The van der Waals surface area contributed by atoms with Gasteiger partial charge >= 0.3 is 0 Å². The van der Waals surface area contributed by atoms with Gasteiger partial charge in [-0.05, 0) is 36.6 Å². The number of carbonyl (C=O) groups excluding carboxylic acids is 1. The van der Waals surface area contributed by atoms with Crippen LogP contribution in [0.1, 0.15) is 28.9 Å². The summed E-state index contributed by atoms with van der Waals surface area (Å²) < 4.78 is 19.0. The minimum Gasteiger partial charge on any atom is -0.378 e. The average molecular weight is 394 g/mol. The summed E-state index contributed by atoms with van der Waals surface area (Å²) in [6.45, 7) is 2.06. The van der Waals surface area contributed by atoms with Gasteiger partial charge in [0.2, 0.25) is 0 Å². The number of nitrogens with one attached hydrogen (secondary N) is 2. The number of aromatic nitrogens is 2. The largest absolute Gasteiger partial charge is 0.378 e. The summed E-state index contributed by atoms with van der Waals surface area (Å²) in [5.41, 5.74) is 2.39. The maximum absolute atomic E-state index is 13.2. The van der Waals surface area contributed by atoms with Crippen LogP contribution in [-0.2, 0) is 11.3 Å². The zero-order valence-electron chi connectivity index (χ0n) is 16.0. The Morgan fingerprint density at radius 1 is 1.14 bits per heavy atom. The Balaban J connectivity index is 1.28. The molecule has 2 saturated heterocycles. The molecular weight excluding hydrogens is 371 g/mol. The minimum atomic E-state index is -0.218. The van der Waals surface area contributed by atoms with E-state index in [0.29, 0.717) is 18.9 Å². The average Bonchev–Trinajstić information content (AvgIpc) is 3.14. The molecule has 1 aromatic heterocycles. The molecular formula is C22H23FN4O2. The molecule has 1 amide bonds. The molecule has 6 nitrogen and oxygen atoms in total. The highest BCUT2D eigenvalue weighted by Gasteiger charge is 2.39. The Kier molecular flexibility index (Phi) is 4.77. The van der Waals surface area contributed by atoms with Crippen molar-refractivity contribution in [3.8, 4) is 0 Å². The molecule has 5 rings (SSSR count). The van der Waals surface area contributed by atoms with E-state index in [4.69, 9.17) is 4.74 Å². The Morgan fingerprint density at radius 2 is 1.86 bits per heavy atom. The van der Waals surface area contributed by atoms with Gasteiger partial charge in [0.1, 0.15) is 5.82 Å². The molecule has 3 aromatic rings. The van der Waals surface area contributed by atoms with Gasteiger partial charge < -0.3 is 10.1 Å². The predicted octanol–water partition coefficient (Wildman–Crippen LogP) is 2.86. The fourth-order valence-corrected chi connectivity index (χ4v) is 4.56. The van der Waals surface area contributed by atoms with E-state index in [-0.39, 0.29) is 29.8 Å². The molecule has 0 aliphatic carbocycles. The van der Waals surface area contributed by atoms with E-state index >= 15 is 0 Å². The van der Waals surface area contributed by atoms with Crippen molar-refractivity contribution >= 4 is 16.8 Å². The number of benzene rings is 2. The zero-order valence-corrected chi connectivity index (χ0v) is 16.0. The van der Waals surface area contributed by atoms with Crippen LogP contribution in [0.5, 0.6) is 0 Å². The Hall–Kier alpha value is -2.77. The maximum Gasteiger partial charge on any atom is 0.272 e. The number of rotatable bonds is 4. The van der Waals surface area contributed by atoms with Gasteiger partial charge in [0.15, 0.2) is 5.69 Å². The number of hydrogen-bond donors (Lipinski definition) is 2. The lowest BCUT2D eigenvalue weighted by molar-refractivity contribution is -0.0843. The summed E-state index contributed by atoms with van der Waals surface area (Å²) in [4.78, 5) is 15.3. The summed E-state index contributed by atoms with van der Waals surface area (Å²) in [6.07, 6.45) is 1.65. The van der Waals surface area contributed by atoms with E-state index in [1.807, 2.05) is 36.4 Å². The number of halogens is 1. The monoisotopic (exact) mass is 394 g/mol. The van der Waals surface area contributed by atoms with Crippen LogP contribution in [-0.4, -0.2) is 52.3 Å². The standard InChI is InChI=1S/C22H23FN4O2/c23-15-7-5-14(6-8-15)11-27-17-9-16(10-18(27)13-29-12-17)24-22(28)21-19-3-1-2-4-20(19)25-26-21/h1-8,16-18H,9-13H2,(H,24,28)(H,25,26)/t16-,17-,18+. The summed E-state index contributed by atoms with van der Waals surface area (Å²) in [6, 6.07) is 14.9. The highest BCUT2D eigenvalue weighted by atomic mass is 19.1. The number of nitrogens with zero attached hydrogens (tertiary/aromatic N) is 2. The van der Waals surface area contributed by atoms with Crippen LogP contribution in [0.2, 0.25) is 0 Å². The quantitative estimate of drug-likeness (QED) is 0.714. The van der Waals surface area contributed by atoms with Crippen molar-refractivity contribution in [3.05, 3.63) is 65.6 Å². The minimum absolute atomic E-state index is 0.0846. The van der Waals surface area contributed by atoms with Crippen molar-refractivity contribution < 1.29 is 13.9 Å². The summed E-state index contributed by atoms with van der Waals surface area (Å²) >= 11 is 0. The van der Waals surface area contributed by atoms with E-state index in [9.17, 15) is 9.18 Å². The number of piperidine rings is 1. The van der Waals surface area contributed by atoms with Crippen LogP contribution in [0.3, 0.4) is 0 Å². The van der Waals surface area contributed by atoms with Crippen molar-refractivity contribution in [1.29, 1.82) is 0 Å². The SMILES string of the molecule is O=C(N[C@H]1C[C@H]2COC[C@@H](C1)N2Cc1ccc(F)cc1)c1n[nH]c2ccccc12. The molecule has 0 radical (unpaired) electrons. The first-order chi connectivity index (χ1) is 14.2. The second-order valence-corrected chi connectivity index (χ2v) is 7.90. The maximum atomic E-state index is 13.2. The number of aromatic amines is 1. The lowest BCUT2D eigenvalue weighted by Gasteiger charge is -2.48. The van der Waals surface area contributed by atoms with Gasteiger partial charge in [-0.1, -0.05) is 30.3 Å². The third-order valence-corrected chi connectivity index (χ3v) is 5.97. The molecule has 29 heavy (non-hydrogen) atoms. The van der Waals surface area contributed by atoms with E-state index in [2.05, 4.69) is 20.4 Å². The Labute approximate surface area is 168 Å². The lowest BCUT2D eigenvalue weighted by Crippen LogP contribution is -2.60. The Morgan fingerprint density at radius 3 is 2.62 bits per heavy atom. The van der Waals surface area contributed by atoms with Gasteiger partial charge in [-0.3, -0.25) is 14.8 Å². The molecule has 0 unspecified atom stereocenters. The van der Waals surface area contributed by atoms with Crippen LogP contribution in [0, 0.1) is 5.82 Å². The number of ether oxygens (including phenoxy) is 1. The Bertz CT molecular complexity index is 1010. The van der Waals surface area contributed by atoms with Gasteiger partial charge in [-0.2, -0.15) is 5.10 Å². The number of carbonyl (C=O) groups is 1. The number of morpholine rings is 1. The third-order valence-electron chi connectivity index (χ3n) is 5.97. The molecule has 2 fully saturated rings. The molecule has 3 atom stereocenters. The number of para-hydroxylation sites is 1. The molecule has 0 spiro atoms. The van der Waals surface area contributed by atoms with Gasteiger partial charge in [0.05, 0.1) is 18.7 Å². The first kappa shape index (κ1) is 18.3. The summed E-state index contributed by atoms with van der Waals surface area (Å²) in [5.74, 6) is -0.358. The van der Waals surface area contributed by atoms with Crippen LogP contribution >= 0.6 is 0 Å². The van der Waals surface area contributed by atoms with E-state index in [1.54, 1.807) is 0 Å². The molecule has 7 heteroatoms. The van der Waals surface area contributed by atoms with Crippen molar-refractivity contribution in [2.75, 3.05) is 13.2 Å². The van der Waals surface area contributed by atoms with Gasteiger partial charge in [0, 0.05) is 30.1 Å². The highest BCUT2D eigenvalue weighted by Crippen LogP contribution is 2.30. The smallest absolute Gasteiger partial charge is 0.272 e. The third kappa shape index (κ3) is 3.63. The summed E-state index contributed by atoms with van der Waals surface area (Å²) in [5, 5.41) is 11.1. The second kappa shape index (κ2) is 7.57. The molecule has 150 valence electrons. The molecule has 3 heterocycles. The van der Waals surface area contributed by atoms with E-state index in [0.717, 1.165) is 35.9 Å².